The summed E-state index contributed by atoms with van der Waals surface area (Å²) in [6.45, 7) is 6.24. The molecular weight excluding hydrogens is 574 g/mol. The lowest BCUT2D eigenvalue weighted by Crippen LogP contribution is -2.56. The smallest absolute Gasteiger partial charge is 0.255 e. The molecule has 1 aliphatic rings. The van der Waals surface area contributed by atoms with Crippen molar-refractivity contribution in [1.29, 1.82) is 0 Å². The summed E-state index contributed by atoms with van der Waals surface area (Å²) in [4.78, 5) is 50.1. The van der Waals surface area contributed by atoms with E-state index in [-0.39, 0.29) is 30.3 Å². The van der Waals surface area contributed by atoms with Gasteiger partial charge in [0, 0.05) is 24.3 Å². The Hall–Kier alpha value is -4.55. The number of aldehydes is 1. The summed E-state index contributed by atoms with van der Waals surface area (Å²) in [5.41, 5.74) is 8.65. The molecule has 0 fully saturated rings. The highest BCUT2D eigenvalue weighted by Crippen LogP contribution is 2.38. The first kappa shape index (κ1) is 33.3. The zero-order valence-electron chi connectivity index (χ0n) is 26.5. The van der Waals surface area contributed by atoms with Gasteiger partial charge in [0.2, 0.25) is 11.9 Å². The third-order valence-corrected chi connectivity index (χ3v) is 8.14. The van der Waals surface area contributed by atoms with E-state index in [9.17, 15) is 19.5 Å². The number of carbonyl (C=O) groups excluding carboxylic acids is 3. The molecule has 4 rings (SSSR count). The van der Waals surface area contributed by atoms with Gasteiger partial charge in [-0.05, 0) is 68.0 Å². The third-order valence-electron chi connectivity index (χ3n) is 8.14. The standard InChI is InChI=1S/C33H43N7O5/c1-6-24(7-2)40-27(8-3)32(44)39(4)28-18-35-33(38-30(28)40)37-26-14-11-21(16-29(26)45-5)31(43)36-23-12-9-20(10-13-23)15-25(42)17-22(34)19-41/h9-14,16,18-19,22,24-25,27,42H,6-8,15,17,34H2,1-5H3,(H,36,43)(H,35,37,38). The second-order valence-electron chi connectivity index (χ2n) is 11.2. The SMILES string of the molecule is CCC(CC)N1c2nc(Nc3ccc(C(=O)Nc4ccc(CC(O)CC(N)C=O)cc4)cc3OC)ncc2N(C)C(=O)C1CC. The first-order valence-corrected chi connectivity index (χ1v) is 15.3. The molecule has 0 aliphatic carbocycles. The molecule has 240 valence electrons. The summed E-state index contributed by atoms with van der Waals surface area (Å²) >= 11 is 0. The fourth-order valence-corrected chi connectivity index (χ4v) is 5.65. The largest absolute Gasteiger partial charge is 0.495 e. The fraction of sp³-hybridized carbons (Fsp3) is 0.424. The highest BCUT2D eigenvalue weighted by atomic mass is 16.5. The van der Waals surface area contributed by atoms with Gasteiger partial charge in [0.05, 0.1) is 31.1 Å². The number of amides is 2. The molecule has 3 aromatic rings. The van der Waals surface area contributed by atoms with Gasteiger partial charge in [-0.1, -0.05) is 32.9 Å². The predicted molar refractivity (Wildman–Crippen MR) is 175 cm³/mol. The molecule has 1 aromatic heterocycles. The van der Waals surface area contributed by atoms with Crippen LogP contribution in [-0.2, 0) is 16.0 Å². The summed E-state index contributed by atoms with van der Waals surface area (Å²) in [5, 5.41) is 16.2. The number of methoxy groups -OCH3 is 1. The first-order chi connectivity index (χ1) is 21.6. The molecule has 45 heavy (non-hydrogen) atoms. The quantitative estimate of drug-likeness (QED) is 0.194. The van der Waals surface area contributed by atoms with Crippen LogP contribution < -0.4 is 30.9 Å². The average Bonchev–Trinajstić information content (AvgIpc) is 3.04. The van der Waals surface area contributed by atoms with Crippen LogP contribution in [0.1, 0.15) is 62.4 Å². The van der Waals surface area contributed by atoms with E-state index in [1.165, 1.54) is 7.11 Å². The van der Waals surface area contributed by atoms with Crippen LogP contribution in [0.4, 0.5) is 28.8 Å². The van der Waals surface area contributed by atoms with Crippen LogP contribution in [0.25, 0.3) is 0 Å². The molecule has 0 saturated heterocycles. The zero-order chi connectivity index (χ0) is 32.7. The van der Waals surface area contributed by atoms with Crippen molar-refractivity contribution >= 4 is 46.9 Å². The van der Waals surface area contributed by atoms with E-state index in [0.29, 0.717) is 59.3 Å². The highest BCUT2D eigenvalue weighted by Gasteiger charge is 2.39. The van der Waals surface area contributed by atoms with Crippen LogP contribution in [0.15, 0.2) is 48.7 Å². The van der Waals surface area contributed by atoms with Gasteiger partial charge in [-0.3, -0.25) is 9.59 Å². The maximum atomic E-state index is 13.2. The Morgan fingerprint density at radius 3 is 2.49 bits per heavy atom. The number of hydrogen-bond acceptors (Lipinski definition) is 10. The number of nitrogens with two attached hydrogens (primary N) is 1. The summed E-state index contributed by atoms with van der Waals surface area (Å²) in [7, 11) is 3.27. The van der Waals surface area contributed by atoms with E-state index in [1.807, 2.05) is 6.92 Å². The van der Waals surface area contributed by atoms with E-state index in [0.717, 1.165) is 18.4 Å². The monoisotopic (exact) mass is 617 g/mol. The molecule has 0 saturated carbocycles. The molecule has 3 atom stereocenters. The molecule has 5 N–H and O–H groups in total. The number of aromatic nitrogens is 2. The maximum absolute atomic E-state index is 13.2. The summed E-state index contributed by atoms with van der Waals surface area (Å²) in [5.74, 6) is 1.18. The van der Waals surface area contributed by atoms with Crippen molar-refractivity contribution in [2.45, 2.75) is 77.1 Å². The predicted octanol–water partition coefficient (Wildman–Crippen LogP) is 4.05. The van der Waals surface area contributed by atoms with Gasteiger partial charge in [-0.25, -0.2) is 4.98 Å². The van der Waals surface area contributed by atoms with Crippen LogP contribution in [0.3, 0.4) is 0 Å². The number of ether oxygens (including phenoxy) is 1. The number of likely N-dealkylation sites (N-methyl/N-ethyl adjacent to an activating group) is 1. The number of aliphatic hydroxyl groups excluding tert-OH is 1. The number of carbonyl (C=O) groups is 3. The molecule has 2 amide bonds. The van der Waals surface area contributed by atoms with Crippen molar-refractivity contribution in [2.75, 3.05) is 34.6 Å². The van der Waals surface area contributed by atoms with Gasteiger partial charge < -0.3 is 40.8 Å². The Kier molecular flexibility index (Phi) is 11.1. The zero-order valence-corrected chi connectivity index (χ0v) is 26.5. The number of nitrogens with one attached hydrogen (secondary N) is 2. The Balaban J connectivity index is 1.50. The Bertz CT molecular complexity index is 1500. The number of fused-ring (bicyclic) bond motifs is 1. The molecule has 2 heterocycles. The second kappa shape index (κ2) is 15.0. The number of hydrogen-bond donors (Lipinski definition) is 4. The maximum Gasteiger partial charge on any atom is 0.255 e. The van der Waals surface area contributed by atoms with Crippen molar-refractivity contribution in [1.82, 2.24) is 9.97 Å². The fourth-order valence-electron chi connectivity index (χ4n) is 5.65. The molecule has 0 spiro atoms. The molecule has 0 bridgehead atoms. The lowest BCUT2D eigenvalue weighted by atomic mass is 10.0. The van der Waals surface area contributed by atoms with Crippen LogP contribution >= 0.6 is 0 Å². The number of rotatable bonds is 14. The second-order valence-corrected chi connectivity index (χ2v) is 11.2. The minimum atomic E-state index is -0.737. The molecule has 12 nitrogen and oxygen atoms in total. The summed E-state index contributed by atoms with van der Waals surface area (Å²) < 4.78 is 5.60. The third kappa shape index (κ3) is 7.58. The van der Waals surface area contributed by atoms with Crippen molar-refractivity contribution < 1.29 is 24.2 Å². The van der Waals surface area contributed by atoms with Crippen molar-refractivity contribution in [3.05, 3.63) is 59.8 Å². The minimum absolute atomic E-state index is 0.0303. The van der Waals surface area contributed by atoms with E-state index < -0.39 is 12.1 Å². The Morgan fingerprint density at radius 1 is 1.16 bits per heavy atom. The van der Waals surface area contributed by atoms with Crippen LogP contribution in [0.2, 0.25) is 0 Å². The van der Waals surface area contributed by atoms with Crippen molar-refractivity contribution in [3.8, 4) is 5.75 Å². The number of aliphatic hydroxyl groups is 1. The lowest BCUT2D eigenvalue weighted by molar-refractivity contribution is -0.120. The molecule has 1 aliphatic heterocycles. The average molecular weight is 618 g/mol. The van der Waals surface area contributed by atoms with Gasteiger partial charge in [0.1, 0.15) is 23.8 Å². The van der Waals surface area contributed by atoms with E-state index in [1.54, 1.807) is 60.6 Å². The lowest BCUT2D eigenvalue weighted by Gasteiger charge is -2.44. The van der Waals surface area contributed by atoms with E-state index in [2.05, 4.69) is 34.4 Å². The summed E-state index contributed by atoms with van der Waals surface area (Å²) in [6, 6.07) is 11.3. The highest BCUT2D eigenvalue weighted by molar-refractivity contribution is 6.05. The van der Waals surface area contributed by atoms with E-state index >= 15 is 0 Å². The molecule has 3 unspecified atom stereocenters. The molecule has 0 radical (unpaired) electrons. The van der Waals surface area contributed by atoms with E-state index in [4.69, 9.17) is 15.5 Å². The topological polar surface area (TPSA) is 163 Å². The first-order valence-electron chi connectivity index (χ1n) is 15.3. The van der Waals surface area contributed by atoms with Gasteiger partial charge in [-0.15, -0.1) is 0 Å². The Labute approximate surface area is 264 Å². The van der Waals surface area contributed by atoms with Gasteiger partial charge in [0.25, 0.3) is 5.91 Å². The van der Waals surface area contributed by atoms with Gasteiger partial charge in [0.15, 0.2) is 5.82 Å². The molecular formula is C33H43N7O5. The van der Waals surface area contributed by atoms with Crippen molar-refractivity contribution in [3.63, 3.8) is 0 Å². The van der Waals surface area contributed by atoms with Crippen molar-refractivity contribution in [2.24, 2.45) is 5.73 Å². The van der Waals surface area contributed by atoms with Crippen LogP contribution in [0.5, 0.6) is 5.75 Å². The van der Waals surface area contributed by atoms with Crippen LogP contribution in [-0.4, -0.2) is 71.6 Å². The molecule has 12 heteroatoms. The summed E-state index contributed by atoms with van der Waals surface area (Å²) in [6.07, 6.45) is 4.48. The number of anilines is 5. The number of benzene rings is 2. The number of nitrogens with zero attached hydrogens (tertiary/aromatic N) is 4. The normalized spacial score (nSPS) is 15.8. The van der Waals surface area contributed by atoms with Gasteiger partial charge in [-0.2, -0.15) is 4.98 Å². The van der Waals surface area contributed by atoms with Gasteiger partial charge >= 0.3 is 0 Å². The Morgan fingerprint density at radius 2 is 1.87 bits per heavy atom. The van der Waals surface area contributed by atoms with Crippen LogP contribution in [0, 0.1) is 0 Å². The molecule has 2 aromatic carbocycles. The minimum Gasteiger partial charge on any atom is -0.495 e.